The van der Waals surface area contributed by atoms with Crippen LogP contribution in [-0.4, -0.2) is 32.3 Å². The summed E-state index contributed by atoms with van der Waals surface area (Å²) in [4.78, 5) is 2.50. The van der Waals surface area contributed by atoms with Crippen molar-refractivity contribution in [3.63, 3.8) is 0 Å². The highest BCUT2D eigenvalue weighted by Gasteiger charge is 2.22. The van der Waals surface area contributed by atoms with Gasteiger partial charge in [-0.2, -0.15) is 0 Å². The summed E-state index contributed by atoms with van der Waals surface area (Å²) >= 11 is 0. The molecule has 21 heavy (non-hydrogen) atoms. The van der Waals surface area contributed by atoms with E-state index in [1.807, 2.05) is 0 Å². The maximum atomic E-state index is 5.81. The average molecular weight is 290 g/mol. The number of benzene rings is 1. The first-order valence-electron chi connectivity index (χ1n) is 8.48. The van der Waals surface area contributed by atoms with E-state index in [2.05, 4.69) is 55.3 Å². The number of para-hydroxylation sites is 1. The summed E-state index contributed by atoms with van der Waals surface area (Å²) in [5, 5.41) is 3.68. The molecule has 0 amide bonds. The number of nitrogens with zero attached hydrogens (tertiary/aromatic N) is 1. The van der Waals surface area contributed by atoms with E-state index in [4.69, 9.17) is 4.74 Å². The molecule has 0 aromatic heterocycles. The van der Waals surface area contributed by atoms with Gasteiger partial charge in [0.2, 0.25) is 0 Å². The SMILES string of the molecule is CCCNC(CC)c1ccccc1N1CCOC(CC)C1. The summed E-state index contributed by atoms with van der Waals surface area (Å²) in [5.41, 5.74) is 2.82. The van der Waals surface area contributed by atoms with E-state index in [0.29, 0.717) is 12.1 Å². The van der Waals surface area contributed by atoms with Crippen LogP contribution >= 0.6 is 0 Å². The Bertz CT molecular complexity index is 421. The highest BCUT2D eigenvalue weighted by molar-refractivity contribution is 5.55. The van der Waals surface area contributed by atoms with Gasteiger partial charge in [0.05, 0.1) is 12.7 Å². The van der Waals surface area contributed by atoms with Crippen LogP contribution in [0.25, 0.3) is 0 Å². The molecule has 1 aliphatic rings. The molecule has 118 valence electrons. The number of rotatable bonds is 7. The van der Waals surface area contributed by atoms with Crippen molar-refractivity contribution >= 4 is 5.69 Å². The normalized spacial score (nSPS) is 20.5. The molecule has 0 aliphatic carbocycles. The first-order chi connectivity index (χ1) is 10.3. The zero-order valence-electron chi connectivity index (χ0n) is 13.8. The average Bonchev–Trinajstić information content (AvgIpc) is 2.56. The number of hydrogen-bond donors (Lipinski definition) is 1. The van der Waals surface area contributed by atoms with Crippen LogP contribution in [-0.2, 0) is 4.74 Å². The van der Waals surface area contributed by atoms with E-state index in [1.54, 1.807) is 0 Å². The molecule has 1 aromatic carbocycles. The monoisotopic (exact) mass is 290 g/mol. The second-order valence-corrected chi connectivity index (χ2v) is 5.82. The molecule has 2 unspecified atom stereocenters. The van der Waals surface area contributed by atoms with Crippen molar-refractivity contribution in [1.82, 2.24) is 5.32 Å². The van der Waals surface area contributed by atoms with Crippen LogP contribution in [0.4, 0.5) is 5.69 Å². The Labute approximate surface area is 129 Å². The van der Waals surface area contributed by atoms with E-state index in [0.717, 1.165) is 39.1 Å². The van der Waals surface area contributed by atoms with Crippen molar-refractivity contribution in [2.45, 2.75) is 52.2 Å². The van der Waals surface area contributed by atoms with Gasteiger partial charge in [0, 0.05) is 24.8 Å². The molecule has 2 atom stereocenters. The van der Waals surface area contributed by atoms with E-state index in [-0.39, 0.29) is 0 Å². The predicted molar refractivity (Wildman–Crippen MR) is 90.0 cm³/mol. The van der Waals surface area contributed by atoms with Gasteiger partial charge in [-0.15, -0.1) is 0 Å². The fraction of sp³-hybridized carbons (Fsp3) is 0.667. The van der Waals surface area contributed by atoms with Crippen LogP contribution in [0.1, 0.15) is 51.6 Å². The molecule has 0 saturated carbocycles. The van der Waals surface area contributed by atoms with Crippen molar-refractivity contribution in [2.75, 3.05) is 31.1 Å². The molecule has 1 fully saturated rings. The van der Waals surface area contributed by atoms with Gasteiger partial charge in [-0.3, -0.25) is 0 Å². The summed E-state index contributed by atoms with van der Waals surface area (Å²) < 4.78 is 5.81. The van der Waals surface area contributed by atoms with Crippen molar-refractivity contribution in [1.29, 1.82) is 0 Å². The van der Waals surface area contributed by atoms with Crippen LogP contribution in [0.3, 0.4) is 0 Å². The van der Waals surface area contributed by atoms with Crippen molar-refractivity contribution in [2.24, 2.45) is 0 Å². The maximum Gasteiger partial charge on any atom is 0.0748 e. The van der Waals surface area contributed by atoms with Gasteiger partial charge in [-0.05, 0) is 37.4 Å². The molecule has 1 N–H and O–H groups in total. The lowest BCUT2D eigenvalue weighted by atomic mass is 10.0. The molecule has 0 radical (unpaired) electrons. The van der Waals surface area contributed by atoms with Gasteiger partial charge in [0.1, 0.15) is 0 Å². The third-order valence-corrected chi connectivity index (χ3v) is 4.30. The zero-order valence-corrected chi connectivity index (χ0v) is 13.8. The Hall–Kier alpha value is -1.06. The van der Waals surface area contributed by atoms with Crippen LogP contribution in [0, 0.1) is 0 Å². The van der Waals surface area contributed by atoms with Crippen LogP contribution in [0.2, 0.25) is 0 Å². The third kappa shape index (κ3) is 4.21. The number of morpholine rings is 1. The minimum atomic E-state index is 0.371. The molecule has 3 heteroatoms. The van der Waals surface area contributed by atoms with Gasteiger partial charge in [0.15, 0.2) is 0 Å². The maximum absolute atomic E-state index is 5.81. The highest BCUT2D eigenvalue weighted by Crippen LogP contribution is 2.29. The second kappa shape index (κ2) is 8.40. The van der Waals surface area contributed by atoms with E-state index in [9.17, 15) is 0 Å². The number of hydrogen-bond acceptors (Lipinski definition) is 3. The van der Waals surface area contributed by atoms with Crippen LogP contribution in [0.5, 0.6) is 0 Å². The summed E-state index contributed by atoms with van der Waals surface area (Å²) in [7, 11) is 0. The predicted octanol–water partition coefficient (Wildman–Crippen LogP) is 3.75. The smallest absolute Gasteiger partial charge is 0.0748 e. The Balaban J connectivity index is 2.18. The zero-order chi connectivity index (χ0) is 15.1. The third-order valence-electron chi connectivity index (χ3n) is 4.30. The first kappa shape index (κ1) is 16.3. The Morgan fingerprint density at radius 1 is 1.29 bits per heavy atom. The summed E-state index contributed by atoms with van der Waals surface area (Å²) in [6.45, 7) is 10.6. The molecule has 1 aliphatic heterocycles. The first-order valence-corrected chi connectivity index (χ1v) is 8.48. The Kier molecular flexibility index (Phi) is 6.52. The van der Waals surface area contributed by atoms with E-state index < -0.39 is 0 Å². The standard InChI is InChI=1S/C18H30N2O/c1-4-11-19-17(6-3)16-9-7-8-10-18(16)20-12-13-21-15(5-2)14-20/h7-10,15,17,19H,4-6,11-14H2,1-3H3. The minimum absolute atomic E-state index is 0.371. The Morgan fingerprint density at radius 3 is 2.81 bits per heavy atom. The molecule has 2 rings (SSSR count). The van der Waals surface area contributed by atoms with Gasteiger partial charge >= 0.3 is 0 Å². The fourth-order valence-electron chi connectivity index (χ4n) is 3.05. The van der Waals surface area contributed by atoms with Crippen molar-refractivity contribution in [3.8, 4) is 0 Å². The highest BCUT2D eigenvalue weighted by atomic mass is 16.5. The summed E-state index contributed by atoms with van der Waals surface area (Å²) in [6.07, 6.45) is 3.76. The lowest BCUT2D eigenvalue weighted by Gasteiger charge is -2.36. The van der Waals surface area contributed by atoms with E-state index in [1.165, 1.54) is 17.7 Å². The molecule has 1 heterocycles. The molecular weight excluding hydrogens is 260 g/mol. The lowest BCUT2D eigenvalue weighted by Crippen LogP contribution is -2.43. The molecule has 1 saturated heterocycles. The minimum Gasteiger partial charge on any atom is -0.375 e. The summed E-state index contributed by atoms with van der Waals surface area (Å²) in [5.74, 6) is 0. The van der Waals surface area contributed by atoms with Gasteiger partial charge in [-0.25, -0.2) is 0 Å². The van der Waals surface area contributed by atoms with Crippen LogP contribution < -0.4 is 10.2 Å². The van der Waals surface area contributed by atoms with Gasteiger partial charge in [0.25, 0.3) is 0 Å². The molecule has 1 aromatic rings. The summed E-state index contributed by atoms with van der Waals surface area (Å²) in [6, 6.07) is 9.31. The quantitative estimate of drug-likeness (QED) is 0.827. The largest absolute Gasteiger partial charge is 0.375 e. The topological polar surface area (TPSA) is 24.5 Å². The number of anilines is 1. The van der Waals surface area contributed by atoms with Gasteiger partial charge < -0.3 is 15.0 Å². The Morgan fingerprint density at radius 2 is 2.10 bits per heavy atom. The molecule has 3 nitrogen and oxygen atoms in total. The number of nitrogens with one attached hydrogen (secondary N) is 1. The second-order valence-electron chi connectivity index (χ2n) is 5.82. The molecule has 0 spiro atoms. The number of ether oxygens (including phenoxy) is 1. The molecule has 0 bridgehead atoms. The van der Waals surface area contributed by atoms with Crippen molar-refractivity contribution < 1.29 is 4.74 Å². The van der Waals surface area contributed by atoms with Crippen molar-refractivity contribution in [3.05, 3.63) is 29.8 Å². The fourth-order valence-corrected chi connectivity index (χ4v) is 3.05. The van der Waals surface area contributed by atoms with E-state index >= 15 is 0 Å². The lowest BCUT2D eigenvalue weighted by molar-refractivity contribution is 0.0383. The van der Waals surface area contributed by atoms with Gasteiger partial charge in [-0.1, -0.05) is 39.0 Å². The van der Waals surface area contributed by atoms with Crippen LogP contribution in [0.15, 0.2) is 24.3 Å². The molecular formula is C18H30N2O.